The number of fused-ring (bicyclic) bond motifs is 3. The van der Waals surface area contributed by atoms with E-state index in [1.54, 1.807) is 6.07 Å². The number of rotatable bonds is 3. The Morgan fingerprint density at radius 2 is 1.80 bits per heavy atom. The van der Waals surface area contributed by atoms with Gasteiger partial charge in [0.1, 0.15) is 17.6 Å². The summed E-state index contributed by atoms with van der Waals surface area (Å²) >= 11 is 0. The number of ether oxygens (including phenoxy) is 1. The molecule has 132 valence electrons. The lowest BCUT2D eigenvalue weighted by Crippen LogP contribution is -2.33. The molecule has 2 heteroatoms. The van der Waals surface area contributed by atoms with Crippen LogP contribution in [-0.2, 0) is 0 Å². The van der Waals surface area contributed by atoms with E-state index in [1.807, 2.05) is 12.1 Å². The highest BCUT2D eigenvalue weighted by Crippen LogP contribution is 2.64. The third-order valence-electron chi connectivity index (χ3n) is 6.85. The number of hydrogen-bond donors (Lipinski definition) is 1. The Balaban J connectivity index is 1.84. The van der Waals surface area contributed by atoms with E-state index in [1.165, 1.54) is 42.4 Å². The molecule has 2 aromatic rings. The molecule has 1 fully saturated rings. The van der Waals surface area contributed by atoms with Crippen LogP contribution in [0.25, 0.3) is 0 Å². The third kappa shape index (κ3) is 2.54. The Kier molecular flexibility index (Phi) is 4.02. The van der Waals surface area contributed by atoms with Crippen molar-refractivity contribution < 1.29 is 9.84 Å². The molecule has 0 saturated heterocycles. The molecule has 0 radical (unpaired) electrons. The highest BCUT2D eigenvalue weighted by atomic mass is 16.5. The Labute approximate surface area is 150 Å². The molecule has 3 atom stereocenters. The van der Waals surface area contributed by atoms with Gasteiger partial charge < -0.3 is 9.84 Å². The average molecular weight is 336 g/mol. The predicted octanol–water partition coefficient (Wildman–Crippen LogP) is 6.13. The fourth-order valence-corrected chi connectivity index (χ4v) is 5.34. The number of hydrogen-bond acceptors (Lipinski definition) is 2. The lowest BCUT2D eigenvalue weighted by molar-refractivity contribution is 0.0765. The van der Waals surface area contributed by atoms with E-state index in [2.05, 4.69) is 45.0 Å². The molecule has 1 aliphatic heterocycles. The summed E-state index contributed by atoms with van der Waals surface area (Å²) in [6, 6.07) is 14.5. The highest BCUT2D eigenvalue weighted by Gasteiger charge is 2.53. The van der Waals surface area contributed by atoms with E-state index in [0.29, 0.717) is 23.0 Å². The van der Waals surface area contributed by atoms with Gasteiger partial charge in [-0.15, -0.1) is 0 Å². The van der Waals surface area contributed by atoms with Gasteiger partial charge in [-0.25, -0.2) is 0 Å². The second-order valence-corrected chi connectivity index (χ2v) is 7.92. The van der Waals surface area contributed by atoms with Crippen molar-refractivity contribution >= 4 is 0 Å². The molecular weight excluding hydrogens is 308 g/mol. The SMILES string of the molecule is CCC1(CC)CC[C@H]2[C@@H](c3ccc(C)cc3)Oc3ccc(O)cc3[C@H]21. The van der Waals surface area contributed by atoms with Crippen molar-refractivity contribution in [3.8, 4) is 11.5 Å². The minimum atomic E-state index is 0.114. The zero-order valence-corrected chi connectivity index (χ0v) is 15.5. The molecule has 0 unspecified atom stereocenters. The quantitative estimate of drug-likeness (QED) is 0.730. The molecule has 1 N–H and O–H groups in total. The molecule has 2 aliphatic rings. The topological polar surface area (TPSA) is 29.5 Å². The van der Waals surface area contributed by atoms with Crippen LogP contribution in [0.15, 0.2) is 42.5 Å². The maximum atomic E-state index is 10.1. The normalized spacial score (nSPS) is 26.6. The minimum absolute atomic E-state index is 0.114. The van der Waals surface area contributed by atoms with E-state index < -0.39 is 0 Å². The van der Waals surface area contributed by atoms with E-state index in [4.69, 9.17) is 4.74 Å². The van der Waals surface area contributed by atoms with Crippen LogP contribution >= 0.6 is 0 Å². The second kappa shape index (κ2) is 6.09. The van der Waals surface area contributed by atoms with Crippen LogP contribution in [0.2, 0.25) is 0 Å². The first-order chi connectivity index (χ1) is 12.1. The standard InChI is InChI=1S/C23H28O2/c1-4-23(5-2)13-12-18-21(23)19-14-17(24)10-11-20(19)25-22(18)16-8-6-15(3)7-9-16/h6-11,14,18,21-22,24H,4-5,12-13H2,1-3H3/t18-,21+,22-/m1/s1. The van der Waals surface area contributed by atoms with Crippen molar-refractivity contribution in [1.82, 2.24) is 0 Å². The number of phenols is 1. The number of aryl methyl sites for hydroxylation is 1. The average Bonchev–Trinajstić information content (AvgIpc) is 3.02. The van der Waals surface area contributed by atoms with Gasteiger partial charge in [-0.05, 0) is 67.7 Å². The summed E-state index contributed by atoms with van der Waals surface area (Å²) in [4.78, 5) is 0. The molecule has 1 saturated carbocycles. The fourth-order valence-electron chi connectivity index (χ4n) is 5.34. The summed E-state index contributed by atoms with van der Waals surface area (Å²) in [5.41, 5.74) is 4.10. The second-order valence-electron chi connectivity index (χ2n) is 7.92. The monoisotopic (exact) mass is 336 g/mol. The van der Waals surface area contributed by atoms with Gasteiger partial charge >= 0.3 is 0 Å². The fraction of sp³-hybridized carbons (Fsp3) is 0.478. The van der Waals surface area contributed by atoms with E-state index in [-0.39, 0.29) is 6.10 Å². The Morgan fingerprint density at radius 1 is 1.08 bits per heavy atom. The molecule has 4 rings (SSSR count). The lowest BCUT2D eigenvalue weighted by Gasteiger charge is -2.43. The molecule has 0 bridgehead atoms. The van der Waals surface area contributed by atoms with E-state index in [9.17, 15) is 5.11 Å². The van der Waals surface area contributed by atoms with Gasteiger partial charge in [0.25, 0.3) is 0 Å². The van der Waals surface area contributed by atoms with Gasteiger partial charge in [0.15, 0.2) is 0 Å². The molecule has 2 nitrogen and oxygen atoms in total. The van der Waals surface area contributed by atoms with Crippen molar-refractivity contribution in [3.63, 3.8) is 0 Å². The number of phenolic OH excluding ortho intramolecular Hbond substituents is 1. The molecule has 0 aromatic heterocycles. The first kappa shape index (κ1) is 16.5. The van der Waals surface area contributed by atoms with Crippen molar-refractivity contribution in [2.75, 3.05) is 0 Å². The maximum Gasteiger partial charge on any atom is 0.127 e. The number of benzene rings is 2. The zero-order chi connectivity index (χ0) is 17.6. The summed E-state index contributed by atoms with van der Waals surface area (Å²) in [6.45, 7) is 6.77. The van der Waals surface area contributed by atoms with Crippen LogP contribution in [0.4, 0.5) is 0 Å². The summed E-state index contributed by atoms with van der Waals surface area (Å²) in [5.74, 6) is 2.25. The minimum Gasteiger partial charge on any atom is -0.508 e. The van der Waals surface area contributed by atoms with Crippen molar-refractivity contribution in [2.24, 2.45) is 11.3 Å². The van der Waals surface area contributed by atoms with Gasteiger partial charge in [-0.1, -0.05) is 43.7 Å². The lowest BCUT2D eigenvalue weighted by atomic mass is 9.66. The van der Waals surface area contributed by atoms with Crippen LogP contribution in [0.3, 0.4) is 0 Å². The molecule has 1 aliphatic carbocycles. The number of aromatic hydroxyl groups is 1. The van der Waals surface area contributed by atoms with E-state index >= 15 is 0 Å². The first-order valence-corrected chi connectivity index (χ1v) is 9.64. The predicted molar refractivity (Wildman–Crippen MR) is 101 cm³/mol. The van der Waals surface area contributed by atoms with Gasteiger partial charge in [0.2, 0.25) is 0 Å². The smallest absolute Gasteiger partial charge is 0.127 e. The van der Waals surface area contributed by atoms with Crippen LogP contribution < -0.4 is 4.74 Å². The molecule has 0 amide bonds. The Bertz CT molecular complexity index is 758. The third-order valence-corrected chi connectivity index (χ3v) is 6.85. The van der Waals surface area contributed by atoms with Crippen LogP contribution in [0, 0.1) is 18.3 Å². The van der Waals surface area contributed by atoms with Crippen molar-refractivity contribution in [3.05, 3.63) is 59.2 Å². The highest BCUT2D eigenvalue weighted by molar-refractivity contribution is 5.47. The molecule has 25 heavy (non-hydrogen) atoms. The molecular formula is C23H28O2. The van der Waals surface area contributed by atoms with Crippen molar-refractivity contribution in [2.45, 2.75) is 58.5 Å². The first-order valence-electron chi connectivity index (χ1n) is 9.64. The largest absolute Gasteiger partial charge is 0.508 e. The molecule has 0 spiro atoms. The summed E-state index contributed by atoms with van der Waals surface area (Å²) < 4.78 is 6.50. The summed E-state index contributed by atoms with van der Waals surface area (Å²) in [6.07, 6.45) is 4.92. The van der Waals surface area contributed by atoms with Crippen LogP contribution in [-0.4, -0.2) is 5.11 Å². The van der Waals surface area contributed by atoms with Gasteiger partial charge in [0, 0.05) is 11.5 Å². The zero-order valence-electron chi connectivity index (χ0n) is 15.5. The maximum absolute atomic E-state index is 10.1. The van der Waals surface area contributed by atoms with E-state index in [0.717, 1.165) is 5.75 Å². The van der Waals surface area contributed by atoms with Gasteiger partial charge in [-0.3, -0.25) is 0 Å². The summed E-state index contributed by atoms with van der Waals surface area (Å²) in [7, 11) is 0. The van der Waals surface area contributed by atoms with Gasteiger partial charge in [-0.2, -0.15) is 0 Å². The molecule has 2 aromatic carbocycles. The van der Waals surface area contributed by atoms with Crippen LogP contribution in [0.5, 0.6) is 11.5 Å². The Morgan fingerprint density at radius 3 is 2.48 bits per heavy atom. The van der Waals surface area contributed by atoms with Crippen molar-refractivity contribution in [1.29, 1.82) is 0 Å². The van der Waals surface area contributed by atoms with Crippen LogP contribution in [0.1, 0.15) is 68.2 Å². The van der Waals surface area contributed by atoms with Gasteiger partial charge in [0.05, 0.1) is 0 Å². The summed E-state index contributed by atoms with van der Waals surface area (Å²) in [5, 5.41) is 10.1. The molecule has 1 heterocycles. The Hall–Kier alpha value is -1.96.